The van der Waals surface area contributed by atoms with Crippen molar-refractivity contribution < 1.29 is 50.6 Å². The van der Waals surface area contributed by atoms with Crippen LogP contribution in [0.15, 0.2) is 40.2 Å². The number of alkyl carbamates (subject to hydrolysis) is 1. The number of hydrogen-bond donors (Lipinski definition) is 3. The quantitative estimate of drug-likeness (QED) is 0.216. The minimum atomic E-state index is -5.28. The topological polar surface area (TPSA) is 173 Å². The van der Waals surface area contributed by atoms with E-state index in [1.165, 1.54) is 17.5 Å². The van der Waals surface area contributed by atoms with Crippen molar-refractivity contribution in [1.29, 1.82) is 0 Å². The number of aliphatic hydroxyl groups is 1. The maximum atomic E-state index is 14.0. The van der Waals surface area contributed by atoms with Crippen LogP contribution in [0.25, 0.3) is 0 Å². The standard InChI is InChI=1S/C28H37F3N4O8S2/c1-25(2,3)42-23(37)20(35-24(38)43-26(4,5)6)11-13-33-45(40,41)16-12-27(39,28(29,30)31)18-7-9-19(10-8-18)34-21(36)17-22-32-14-15-44-22/h7-10,13-15,20,39H,11-12,16-17H2,1-6H3,(H,34,36)(H,35,38)/t20-,27?/m0/s1. The van der Waals surface area contributed by atoms with Crippen LogP contribution in [0.4, 0.5) is 23.7 Å². The van der Waals surface area contributed by atoms with E-state index in [9.17, 15) is 41.1 Å². The first kappa shape index (κ1) is 37.6. The fourth-order valence-corrected chi connectivity index (χ4v) is 5.18. The van der Waals surface area contributed by atoms with Gasteiger partial charge >= 0.3 is 18.2 Å². The van der Waals surface area contributed by atoms with Crippen LogP contribution >= 0.6 is 11.3 Å². The Morgan fingerprint density at radius 2 is 1.64 bits per heavy atom. The highest BCUT2D eigenvalue weighted by Crippen LogP contribution is 2.42. The zero-order valence-electron chi connectivity index (χ0n) is 25.6. The number of esters is 1. The number of aromatic nitrogens is 1. The fraction of sp³-hybridized carbons (Fsp3) is 0.536. The Kier molecular flexibility index (Phi) is 12.3. The van der Waals surface area contributed by atoms with E-state index in [0.717, 1.165) is 30.5 Å². The Morgan fingerprint density at radius 1 is 1.04 bits per heavy atom. The van der Waals surface area contributed by atoms with Gasteiger partial charge in [0, 0.05) is 36.3 Å². The molecule has 12 nitrogen and oxygen atoms in total. The molecule has 1 aromatic carbocycles. The van der Waals surface area contributed by atoms with Crippen molar-refractivity contribution in [2.24, 2.45) is 4.40 Å². The van der Waals surface area contributed by atoms with Gasteiger partial charge in [-0.15, -0.1) is 11.3 Å². The van der Waals surface area contributed by atoms with Gasteiger partial charge in [-0.1, -0.05) is 12.1 Å². The number of anilines is 1. The summed E-state index contributed by atoms with van der Waals surface area (Å²) in [6, 6.07) is 2.72. The molecule has 1 unspecified atom stereocenters. The highest BCUT2D eigenvalue weighted by Gasteiger charge is 2.55. The second-order valence-electron chi connectivity index (χ2n) is 11.9. The molecule has 2 aromatic rings. The Bertz CT molecular complexity index is 1450. The maximum absolute atomic E-state index is 14.0. The van der Waals surface area contributed by atoms with E-state index in [4.69, 9.17) is 9.47 Å². The summed E-state index contributed by atoms with van der Waals surface area (Å²) in [6.45, 7) is 9.48. The molecule has 0 radical (unpaired) electrons. The SMILES string of the molecule is CC(C)(C)OC(=O)N[C@@H](CC=NS(=O)(=O)CCC(O)(c1ccc(NC(=O)Cc2nccs2)cc1)C(F)(F)F)C(=O)OC(C)(C)C. The number of nitrogens with zero attached hydrogens (tertiary/aromatic N) is 2. The van der Waals surface area contributed by atoms with Crippen molar-refractivity contribution >= 4 is 51.2 Å². The van der Waals surface area contributed by atoms with Gasteiger partial charge in [-0.25, -0.2) is 23.0 Å². The lowest BCUT2D eigenvalue weighted by Crippen LogP contribution is -2.46. The van der Waals surface area contributed by atoms with Crippen molar-refractivity contribution in [2.75, 3.05) is 11.1 Å². The molecule has 45 heavy (non-hydrogen) atoms. The molecule has 0 spiro atoms. The Labute approximate surface area is 263 Å². The molecule has 0 bridgehead atoms. The minimum absolute atomic E-state index is 0.0418. The van der Waals surface area contributed by atoms with Crippen molar-refractivity contribution in [2.45, 2.75) is 89.8 Å². The molecule has 2 rings (SSSR count). The molecule has 0 aliphatic rings. The Balaban J connectivity index is 2.14. The van der Waals surface area contributed by atoms with Crippen molar-refractivity contribution in [1.82, 2.24) is 10.3 Å². The zero-order chi connectivity index (χ0) is 34.3. The number of ether oxygens (including phenoxy) is 2. The molecule has 1 heterocycles. The Morgan fingerprint density at radius 3 is 2.16 bits per heavy atom. The molecule has 2 atom stereocenters. The molecular formula is C28H37F3N4O8S2. The molecule has 17 heteroatoms. The lowest BCUT2D eigenvalue weighted by Gasteiger charge is -2.31. The van der Waals surface area contributed by atoms with E-state index in [1.54, 1.807) is 46.9 Å². The van der Waals surface area contributed by atoms with E-state index < -0.39 is 81.2 Å². The highest BCUT2D eigenvalue weighted by atomic mass is 32.2. The minimum Gasteiger partial charge on any atom is -0.458 e. The summed E-state index contributed by atoms with van der Waals surface area (Å²) in [5, 5.41) is 17.7. The normalized spacial score (nSPS) is 14.8. The van der Waals surface area contributed by atoms with Gasteiger partial charge in [0.25, 0.3) is 10.0 Å². The summed E-state index contributed by atoms with van der Waals surface area (Å²) >= 11 is 1.26. The molecule has 0 aliphatic carbocycles. The first-order chi connectivity index (χ1) is 20.5. The van der Waals surface area contributed by atoms with E-state index in [0.29, 0.717) is 5.01 Å². The van der Waals surface area contributed by atoms with Crippen molar-refractivity contribution in [3.63, 3.8) is 0 Å². The zero-order valence-corrected chi connectivity index (χ0v) is 27.2. The second-order valence-corrected chi connectivity index (χ2v) is 14.6. The van der Waals surface area contributed by atoms with Gasteiger partial charge in [0.1, 0.15) is 22.3 Å². The number of alkyl halides is 3. The molecule has 0 fully saturated rings. The smallest absolute Gasteiger partial charge is 0.421 e. The van der Waals surface area contributed by atoms with Gasteiger partial charge in [-0.3, -0.25) is 4.79 Å². The third kappa shape index (κ3) is 12.8. The van der Waals surface area contributed by atoms with Gasteiger partial charge in [0.05, 0.1) is 12.2 Å². The summed E-state index contributed by atoms with van der Waals surface area (Å²) < 4.78 is 81.0. The third-order valence-electron chi connectivity index (χ3n) is 5.59. The average molecular weight is 679 g/mol. The number of benzene rings is 1. The number of hydrogen-bond acceptors (Lipinski definition) is 10. The number of halogens is 3. The number of rotatable bonds is 12. The number of carbonyl (C=O) groups is 3. The van der Waals surface area contributed by atoms with Crippen LogP contribution in [-0.4, -0.2) is 71.9 Å². The molecule has 0 saturated carbocycles. The first-order valence-corrected chi connectivity index (χ1v) is 16.1. The summed E-state index contributed by atoms with van der Waals surface area (Å²) in [7, 11) is -4.59. The summed E-state index contributed by atoms with van der Waals surface area (Å²) in [6.07, 6.45) is -5.84. The molecule has 0 aliphatic heterocycles. The van der Waals surface area contributed by atoms with Gasteiger partial charge in [-0.05, 0) is 59.2 Å². The van der Waals surface area contributed by atoms with Gasteiger partial charge < -0.3 is 25.2 Å². The number of amides is 2. The molecule has 0 saturated heterocycles. The fourth-order valence-electron chi connectivity index (χ4n) is 3.59. The predicted molar refractivity (Wildman–Crippen MR) is 161 cm³/mol. The van der Waals surface area contributed by atoms with Crippen LogP contribution in [0.2, 0.25) is 0 Å². The van der Waals surface area contributed by atoms with Gasteiger partial charge in [0.15, 0.2) is 5.60 Å². The van der Waals surface area contributed by atoms with Crippen LogP contribution in [0, 0.1) is 0 Å². The van der Waals surface area contributed by atoms with Crippen LogP contribution in [0.5, 0.6) is 0 Å². The van der Waals surface area contributed by atoms with Gasteiger partial charge in [0.2, 0.25) is 5.91 Å². The summed E-state index contributed by atoms with van der Waals surface area (Å²) in [5.41, 5.74) is -5.94. The molecule has 3 N–H and O–H groups in total. The summed E-state index contributed by atoms with van der Waals surface area (Å²) in [5.74, 6) is -2.60. The number of thiazole rings is 1. The maximum Gasteiger partial charge on any atom is 0.421 e. The van der Waals surface area contributed by atoms with Crippen LogP contribution < -0.4 is 10.6 Å². The number of nitrogens with one attached hydrogen (secondary N) is 2. The summed E-state index contributed by atoms with van der Waals surface area (Å²) in [4.78, 5) is 41.0. The van der Waals surface area contributed by atoms with E-state index in [1.807, 2.05) is 0 Å². The number of carbonyl (C=O) groups excluding carboxylic acids is 3. The first-order valence-electron chi connectivity index (χ1n) is 13.6. The molecule has 2 amide bonds. The monoisotopic (exact) mass is 678 g/mol. The van der Waals surface area contributed by atoms with Crippen LogP contribution in [0.3, 0.4) is 0 Å². The van der Waals surface area contributed by atoms with E-state index in [2.05, 4.69) is 20.0 Å². The highest BCUT2D eigenvalue weighted by molar-refractivity contribution is 7.90. The third-order valence-corrected chi connectivity index (χ3v) is 7.56. The van der Waals surface area contributed by atoms with Crippen molar-refractivity contribution in [3.8, 4) is 0 Å². The van der Waals surface area contributed by atoms with Gasteiger partial charge in [-0.2, -0.15) is 17.6 Å². The van der Waals surface area contributed by atoms with Crippen LogP contribution in [0.1, 0.15) is 65.0 Å². The average Bonchev–Trinajstić information content (AvgIpc) is 3.37. The van der Waals surface area contributed by atoms with E-state index in [-0.39, 0.29) is 12.1 Å². The van der Waals surface area contributed by atoms with E-state index >= 15 is 0 Å². The second kappa shape index (κ2) is 14.7. The predicted octanol–water partition coefficient (Wildman–Crippen LogP) is 4.49. The lowest BCUT2D eigenvalue weighted by molar-refractivity contribution is -0.267. The Hall–Kier alpha value is -3.57. The van der Waals surface area contributed by atoms with Crippen molar-refractivity contribution in [3.05, 3.63) is 46.4 Å². The molecular weight excluding hydrogens is 641 g/mol. The van der Waals surface area contributed by atoms with Crippen LogP contribution in [-0.2, 0) is 41.1 Å². The molecule has 250 valence electrons. The number of sulfonamides is 1. The molecule has 1 aromatic heterocycles. The lowest BCUT2D eigenvalue weighted by atomic mass is 9.90. The largest absolute Gasteiger partial charge is 0.458 e.